The van der Waals surface area contributed by atoms with Crippen molar-refractivity contribution in [1.29, 1.82) is 0 Å². The number of benzene rings is 1. The molecule has 0 radical (unpaired) electrons. The summed E-state index contributed by atoms with van der Waals surface area (Å²) in [5, 5.41) is 3.45. The van der Waals surface area contributed by atoms with Crippen molar-refractivity contribution in [3.05, 3.63) is 29.8 Å². The van der Waals surface area contributed by atoms with E-state index in [9.17, 15) is 0 Å². The van der Waals surface area contributed by atoms with E-state index in [-0.39, 0.29) is 24.0 Å². The molecule has 0 aliphatic carbocycles. The first-order chi connectivity index (χ1) is 13.7. The summed E-state index contributed by atoms with van der Waals surface area (Å²) in [5.74, 6) is 2.97. The molecule has 1 N–H and O–H groups in total. The zero-order valence-corrected chi connectivity index (χ0v) is 20.7. The highest BCUT2D eigenvalue weighted by atomic mass is 127. The molecule has 0 amide bonds. The Balaban J connectivity index is 0.00000420. The lowest BCUT2D eigenvalue weighted by atomic mass is 9.98. The van der Waals surface area contributed by atoms with Crippen molar-refractivity contribution in [1.82, 2.24) is 10.2 Å². The fourth-order valence-electron chi connectivity index (χ4n) is 3.44. The second-order valence-electron chi connectivity index (χ2n) is 7.37. The highest BCUT2D eigenvalue weighted by Crippen LogP contribution is 2.22. The van der Waals surface area contributed by atoms with Crippen molar-refractivity contribution in [2.75, 3.05) is 60.2 Å². The smallest absolute Gasteiger partial charge is 0.193 e. The number of aliphatic imine (C=N–C) groups is 1. The Morgan fingerprint density at radius 2 is 2.00 bits per heavy atom. The number of nitrogens with one attached hydrogen (secondary N) is 1. The molecule has 1 aromatic carbocycles. The predicted molar refractivity (Wildman–Crippen MR) is 130 cm³/mol. The second-order valence-corrected chi connectivity index (χ2v) is 7.37. The van der Waals surface area contributed by atoms with Gasteiger partial charge in [-0.2, -0.15) is 0 Å². The molecular weight excluding hydrogens is 481 g/mol. The summed E-state index contributed by atoms with van der Waals surface area (Å²) in [6.07, 6.45) is 2.18. The number of hydrogen-bond donors (Lipinski definition) is 1. The molecule has 1 saturated heterocycles. The van der Waals surface area contributed by atoms with Crippen LogP contribution in [0.15, 0.2) is 29.3 Å². The van der Waals surface area contributed by atoms with Crippen LogP contribution in [0.5, 0.6) is 5.75 Å². The lowest BCUT2D eigenvalue weighted by Crippen LogP contribution is -2.40. The molecule has 2 atom stereocenters. The summed E-state index contributed by atoms with van der Waals surface area (Å²) in [6.45, 7) is 10.3. The van der Waals surface area contributed by atoms with Crippen LogP contribution in [0.1, 0.15) is 38.2 Å². The van der Waals surface area contributed by atoms with E-state index in [1.54, 1.807) is 14.2 Å². The van der Waals surface area contributed by atoms with E-state index in [1.165, 1.54) is 5.56 Å². The molecule has 6 nitrogen and oxygen atoms in total. The number of ether oxygens (including phenoxy) is 3. The Bertz CT molecular complexity index is 583. The molecule has 0 bridgehead atoms. The lowest BCUT2D eigenvalue weighted by Gasteiger charge is -2.22. The van der Waals surface area contributed by atoms with Crippen molar-refractivity contribution < 1.29 is 14.2 Å². The van der Waals surface area contributed by atoms with Gasteiger partial charge in [-0.25, -0.2) is 0 Å². The molecule has 0 aromatic heterocycles. The Hall–Kier alpha value is -1.06. The molecule has 29 heavy (non-hydrogen) atoms. The number of guanidine groups is 1. The number of nitrogens with zero attached hydrogens (tertiary/aromatic N) is 2. The van der Waals surface area contributed by atoms with Crippen LogP contribution in [0.25, 0.3) is 0 Å². The van der Waals surface area contributed by atoms with E-state index in [0.717, 1.165) is 57.3 Å². The molecule has 1 aliphatic heterocycles. The van der Waals surface area contributed by atoms with Crippen molar-refractivity contribution in [2.24, 2.45) is 10.9 Å². The van der Waals surface area contributed by atoms with Gasteiger partial charge in [0.05, 0.1) is 26.9 Å². The average Bonchev–Trinajstić information content (AvgIpc) is 3.19. The molecule has 1 aliphatic rings. The maximum absolute atomic E-state index is 5.70. The van der Waals surface area contributed by atoms with Crippen LogP contribution in [-0.4, -0.2) is 71.1 Å². The molecule has 1 fully saturated rings. The van der Waals surface area contributed by atoms with Crippen molar-refractivity contribution in [2.45, 2.75) is 32.6 Å². The summed E-state index contributed by atoms with van der Waals surface area (Å²) in [6, 6.07) is 8.34. The van der Waals surface area contributed by atoms with E-state index in [4.69, 9.17) is 19.2 Å². The topological polar surface area (TPSA) is 55.3 Å². The third-order valence-corrected chi connectivity index (χ3v) is 5.21. The largest absolute Gasteiger partial charge is 0.497 e. The van der Waals surface area contributed by atoms with E-state index in [1.807, 2.05) is 12.1 Å². The van der Waals surface area contributed by atoms with Gasteiger partial charge in [0.15, 0.2) is 5.96 Å². The number of hydrogen-bond acceptors (Lipinski definition) is 4. The molecule has 2 rings (SSSR count). The Morgan fingerprint density at radius 3 is 2.66 bits per heavy atom. The van der Waals surface area contributed by atoms with Gasteiger partial charge in [-0.1, -0.05) is 19.1 Å². The van der Waals surface area contributed by atoms with Crippen LogP contribution in [-0.2, 0) is 9.47 Å². The van der Waals surface area contributed by atoms with Crippen molar-refractivity contribution in [3.63, 3.8) is 0 Å². The van der Waals surface area contributed by atoms with Crippen molar-refractivity contribution >= 4 is 29.9 Å². The Labute approximate surface area is 193 Å². The first kappa shape index (κ1) is 26.0. The molecular formula is C22H38IN3O3. The van der Waals surface area contributed by atoms with Crippen LogP contribution in [0.2, 0.25) is 0 Å². The van der Waals surface area contributed by atoms with E-state index in [0.29, 0.717) is 25.0 Å². The molecule has 1 aromatic rings. The van der Waals surface area contributed by atoms with E-state index in [2.05, 4.69) is 36.2 Å². The number of likely N-dealkylation sites (tertiary alicyclic amines) is 1. The summed E-state index contributed by atoms with van der Waals surface area (Å²) >= 11 is 0. The number of methoxy groups -OCH3 is 2. The minimum Gasteiger partial charge on any atom is -0.497 e. The SMILES string of the molecule is CCNC(=NCCC(C)c1ccc(OC)cc1)N1CCC(COCCOC)C1.I. The van der Waals surface area contributed by atoms with Crippen LogP contribution in [0.4, 0.5) is 0 Å². The average molecular weight is 519 g/mol. The normalized spacial score (nSPS) is 17.7. The monoisotopic (exact) mass is 519 g/mol. The quantitative estimate of drug-likeness (QED) is 0.209. The summed E-state index contributed by atoms with van der Waals surface area (Å²) < 4.78 is 16.0. The van der Waals surface area contributed by atoms with Crippen LogP contribution < -0.4 is 10.1 Å². The highest BCUT2D eigenvalue weighted by Gasteiger charge is 2.24. The lowest BCUT2D eigenvalue weighted by molar-refractivity contribution is 0.0536. The molecule has 166 valence electrons. The third kappa shape index (κ3) is 9.09. The minimum absolute atomic E-state index is 0. The van der Waals surface area contributed by atoms with Crippen molar-refractivity contribution in [3.8, 4) is 5.75 Å². The fourth-order valence-corrected chi connectivity index (χ4v) is 3.44. The zero-order valence-electron chi connectivity index (χ0n) is 18.4. The highest BCUT2D eigenvalue weighted by molar-refractivity contribution is 14.0. The molecule has 0 saturated carbocycles. The molecule has 1 heterocycles. The summed E-state index contributed by atoms with van der Waals surface area (Å²) in [7, 11) is 3.40. The van der Waals surface area contributed by atoms with Gasteiger partial charge >= 0.3 is 0 Å². The molecule has 2 unspecified atom stereocenters. The Kier molecular flexibility index (Phi) is 13.3. The first-order valence-electron chi connectivity index (χ1n) is 10.4. The first-order valence-corrected chi connectivity index (χ1v) is 10.4. The second kappa shape index (κ2) is 14.8. The fraction of sp³-hybridized carbons (Fsp3) is 0.682. The standard InChI is InChI=1S/C22H37N3O3.HI/c1-5-23-22(25-13-11-19(16-25)17-28-15-14-26-3)24-12-10-18(2)20-6-8-21(27-4)9-7-20;/h6-9,18-19H,5,10-17H2,1-4H3,(H,23,24);1H. The van der Waals surface area contributed by atoms with Gasteiger partial charge in [0.25, 0.3) is 0 Å². The molecule has 7 heteroatoms. The number of rotatable bonds is 11. The maximum atomic E-state index is 5.70. The summed E-state index contributed by atoms with van der Waals surface area (Å²) in [4.78, 5) is 7.25. The van der Waals surface area contributed by atoms with E-state index < -0.39 is 0 Å². The van der Waals surface area contributed by atoms with Crippen LogP contribution >= 0.6 is 24.0 Å². The minimum atomic E-state index is 0. The van der Waals surface area contributed by atoms with E-state index >= 15 is 0 Å². The summed E-state index contributed by atoms with van der Waals surface area (Å²) in [5.41, 5.74) is 1.33. The van der Waals surface area contributed by atoms with Gasteiger partial charge in [-0.15, -0.1) is 24.0 Å². The van der Waals surface area contributed by atoms with Gasteiger partial charge in [-0.05, 0) is 43.4 Å². The molecule has 0 spiro atoms. The zero-order chi connectivity index (χ0) is 20.2. The van der Waals surface area contributed by atoms with Gasteiger partial charge < -0.3 is 24.4 Å². The predicted octanol–water partition coefficient (Wildman–Crippen LogP) is 3.76. The van der Waals surface area contributed by atoms with Gasteiger partial charge in [0.2, 0.25) is 0 Å². The van der Waals surface area contributed by atoms with Gasteiger partial charge in [0.1, 0.15) is 5.75 Å². The van der Waals surface area contributed by atoms with Crippen LogP contribution in [0, 0.1) is 5.92 Å². The third-order valence-electron chi connectivity index (χ3n) is 5.21. The Morgan fingerprint density at radius 1 is 1.24 bits per heavy atom. The maximum Gasteiger partial charge on any atom is 0.193 e. The number of halogens is 1. The van der Waals surface area contributed by atoms with Crippen LogP contribution in [0.3, 0.4) is 0 Å². The van der Waals surface area contributed by atoms with Gasteiger partial charge in [0, 0.05) is 39.2 Å². The van der Waals surface area contributed by atoms with Gasteiger partial charge in [-0.3, -0.25) is 4.99 Å².